The Morgan fingerprint density at radius 3 is 2.71 bits per heavy atom. The van der Waals surface area contributed by atoms with Crippen molar-refractivity contribution in [3.8, 4) is 0 Å². The minimum Gasteiger partial charge on any atom is -0.315 e. The number of benzene rings is 1. The van der Waals surface area contributed by atoms with E-state index < -0.39 is 0 Å². The minimum atomic E-state index is 0. The smallest absolute Gasteiger partial charge is 0.0450 e. The Morgan fingerprint density at radius 2 is 2.06 bits per heavy atom. The van der Waals surface area contributed by atoms with Gasteiger partial charge in [0.25, 0.3) is 0 Å². The summed E-state index contributed by atoms with van der Waals surface area (Å²) in [7, 11) is 0. The van der Waals surface area contributed by atoms with Gasteiger partial charge in [-0.25, -0.2) is 0 Å². The van der Waals surface area contributed by atoms with Gasteiger partial charge >= 0.3 is 0 Å². The van der Waals surface area contributed by atoms with E-state index >= 15 is 0 Å². The quantitative estimate of drug-likeness (QED) is 0.896. The lowest BCUT2D eigenvalue weighted by Gasteiger charge is -2.24. The number of hydrogen-bond donors (Lipinski definition) is 2. The van der Waals surface area contributed by atoms with Crippen LogP contribution in [0.25, 0.3) is 0 Å². The second-order valence-corrected chi connectivity index (χ2v) is 4.42. The monoisotopic (exact) mass is 296 g/mol. The van der Waals surface area contributed by atoms with E-state index in [1.165, 1.54) is 18.4 Å². The molecule has 1 unspecified atom stereocenters. The average Bonchev–Trinajstić information content (AvgIpc) is 2.29. The predicted octanol–water partition coefficient (Wildman–Crippen LogP) is 3.03. The molecule has 1 aromatic carbocycles. The van der Waals surface area contributed by atoms with Crippen molar-refractivity contribution in [1.29, 1.82) is 0 Å². The first kappa shape index (κ1) is 17.0. The second-order valence-electron chi connectivity index (χ2n) is 4.02. The van der Waals surface area contributed by atoms with Crippen molar-refractivity contribution in [3.05, 3.63) is 34.9 Å². The lowest BCUT2D eigenvalue weighted by molar-refractivity contribution is 0.389. The van der Waals surface area contributed by atoms with E-state index in [4.69, 9.17) is 11.6 Å². The van der Waals surface area contributed by atoms with E-state index in [9.17, 15) is 0 Å². The third kappa shape index (κ3) is 5.45. The summed E-state index contributed by atoms with van der Waals surface area (Å²) in [4.78, 5) is 0. The maximum absolute atomic E-state index is 6.09. The molecular formula is C12H19Cl3N2. The highest BCUT2D eigenvalue weighted by Crippen LogP contribution is 2.15. The lowest BCUT2D eigenvalue weighted by Crippen LogP contribution is -2.42. The van der Waals surface area contributed by atoms with Crippen molar-refractivity contribution in [2.45, 2.75) is 25.4 Å². The molecule has 0 aliphatic carbocycles. The third-order valence-corrected chi connectivity index (χ3v) is 3.20. The maximum Gasteiger partial charge on any atom is 0.0450 e. The topological polar surface area (TPSA) is 24.1 Å². The zero-order valence-electron chi connectivity index (χ0n) is 9.62. The molecule has 1 fully saturated rings. The van der Waals surface area contributed by atoms with E-state index in [-0.39, 0.29) is 24.8 Å². The van der Waals surface area contributed by atoms with Crippen LogP contribution in [0.1, 0.15) is 18.4 Å². The van der Waals surface area contributed by atoms with Gasteiger partial charge in [0, 0.05) is 24.2 Å². The molecule has 1 heterocycles. The molecule has 0 radical (unpaired) electrons. The Kier molecular flexibility index (Phi) is 9.01. The average molecular weight is 298 g/mol. The third-order valence-electron chi connectivity index (χ3n) is 2.84. The molecule has 2 rings (SSSR count). The van der Waals surface area contributed by atoms with Gasteiger partial charge in [-0.3, -0.25) is 0 Å². The van der Waals surface area contributed by atoms with E-state index in [1.807, 2.05) is 18.2 Å². The van der Waals surface area contributed by atoms with E-state index in [0.29, 0.717) is 6.04 Å². The molecule has 0 bridgehead atoms. The van der Waals surface area contributed by atoms with Gasteiger partial charge in [0.05, 0.1) is 0 Å². The van der Waals surface area contributed by atoms with Crippen molar-refractivity contribution in [1.82, 2.24) is 10.6 Å². The van der Waals surface area contributed by atoms with Crippen LogP contribution in [0.2, 0.25) is 5.02 Å². The highest BCUT2D eigenvalue weighted by molar-refractivity contribution is 6.31. The number of halogens is 3. The van der Waals surface area contributed by atoms with Crippen LogP contribution in [-0.4, -0.2) is 19.1 Å². The summed E-state index contributed by atoms with van der Waals surface area (Å²) in [5.41, 5.74) is 1.18. The summed E-state index contributed by atoms with van der Waals surface area (Å²) >= 11 is 6.09. The van der Waals surface area contributed by atoms with Crippen LogP contribution < -0.4 is 10.6 Å². The van der Waals surface area contributed by atoms with Crippen molar-refractivity contribution < 1.29 is 0 Å². The molecule has 1 aliphatic heterocycles. The van der Waals surface area contributed by atoms with Crippen LogP contribution in [0.15, 0.2) is 24.3 Å². The fraction of sp³-hybridized carbons (Fsp3) is 0.500. The number of hydrogen-bond acceptors (Lipinski definition) is 2. The molecule has 0 saturated carbocycles. The highest BCUT2D eigenvalue weighted by atomic mass is 35.5. The van der Waals surface area contributed by atoms with Crippen LogP contribution in [0.3, 0.4) is 0 Å². The predicted molar refractivity (Wildman–Crippen MR) is 78.7 cm³/mol. The summed E-state index contributed by atoms with van der Waals surface area (Å²) in [6, 6.07) is 8.61. The van der Waals surface area contributed by atoms with Crippen molar-refractivity contribution >= 4 is 36.4 Å². The summed E-state index contributed by atoms with van der Waals surface area (Å²) in [6.45, 7) is 3.10. The van der Waals surface area contributed by atoms with Crippen LogP contribution in [0.4, 0.5) is 0 Å². The van der Waals surface area contributed by atoms with E-state index in [2.05, 4.69) is 16.7 Å². The number of piperidine rings is 1. The van der Waals surface area contributed by atoms with E-state index in [1.54, 1.807) is 0 Å². The first-order valence-electron chi connectivity index (χ1n) is 5.54. The molecule has 17 heavy (non-hydrogen) atoms. The summed E-state index contributed by atoms with van der Waals surface area (Å²) in [5, 5.41) is 7.78. The fourth-order valence-electron chi connectivity index (χ4n) is 1.92. The molecule has 0 amide bonds. The normalized spacial score (nSPS) is 19.0. The lowest BCUT2D eigenvalue weighted by atomic mass is 10.1. The second kappa shape index (κ2) is 9.01. The van der Waals surface area contributed by atoms with Crippen LogP contribution in [0.5, 0.6) is 0 Å². The highest BCUT2D eigenvalue weighted by Gasteiger charge is 2.12. The summed E-state index contributed by atoms with van der Waals surface area (Å²) in [5.74, 6) is 0. The van der Waals surface area contributed by atoms with Gasteiger partial charge < -0.3 is 10.6 Å². The van der Waals surface area contributed by atoms with Crippen LogP contribution in [-0.2, 0) is 6.54 Å². The SMILES string of the molecule is Cl.Cl.Clc1ccccc1CNC1CCCNC1. The Balaban J connectivity index is 0.00000128. The van der Waals surface area contributed by atoms with Gasteiger partial charge in [-0.2, -0.15) is 0 Å². The zero-order chi connectivity index (χ0) is 10.5. The molecule has 1 atom stereocenters. The molecule has 1 aromatic rings. The van der Waals surface area contributed by atoms with Gasteiger partial charge in [-0.1, -0.05) is 29.8 Å². The number of nitrogens with one attached hydrogen (secondary N) is 2. The van der Waals surface area contributed by atoms with Crippen molar-refractivity contribution in [2.75, 3.05) is 13.1 Å². The largest absolute Gasteiger partial charge is 0.315 e. The Bertz CT molecular complexity index is 314. The first-order chi connectivity index (χ1) is 7.36. The van der Waals surface area contributed by atoms with Gasteiger partial charge in [0.15, 0.2) is 0 Å². The Hall–Kier alpha value is 0.01000. The van der Waals surface area contributed by atoms with Gasteiger partial charge in [-0.05, 0) is 31.0 Å². The van der Waals surface area contributed by atoms with Crippen molar-refractivity contribution in [2.24, 2.45) is 0 Å². The van der Waals surface area contributed by atoms with Crippen LogP contribution >= 0.6 is 36.4 Å². The standard InChI is InChI=1S/C12H17ClN2.2ClH/c13-12-6-2-1-4-10(12)8-15-11-5-3-7-14-9-11;;/h1-2,4,6,11,14-15H,3,5,7-9H2;2*1H. The zero-order valence-corrected chi connectivity index (χ0v) is 12.0. The summed E-state index contributed by atoms with van der Waals surface area (Å²) in [6.07, 6.45) is 2.53. The van der Waals surface area contributed by atoms with Crippen LogP contribution in [0, 0.1) is 0 Å². The Morgan fingerprint density at radius 1 is 1.29 bits per heavy atom. The molecule has 2 nitrogen and oxygen atoms in total. The maximum atomic E-state index is 6.09. The minimum absolute atomic E-state index is 0. The fourth-order valence-corrected chi connectivity index (χ4v) is 2.12. The van der Waals surface area contributed by atoms with Crippen molar-refractivity contribution in [3.63, 3.8) is 0 Å². The number of rotatable bonds is 3. The van der Waals surface area contributed by atoms with Gasteiger partial charge in [0.1, 0.15) is 0 Å². The van der Waals surface area contributed by atoms with Gasteiger partial charge in [0.2, 0.25) is 0 Å². The first-order valence-corrected chi connectivity index (χ1v) is 5.91. The molecule has 2 N–H and O–H groups in total. The molecule has 1 saturated heterocycles. The van der Waals surface area contributed by atoms with Gasteiger partial charge in [-0.15, -0.1) is 24.8 Å². The molecule has 1 aliphatic rings. The summed E-state index contributed by atoms with van der Waals surface area (Å²) < 4.78 is 0. The van der Waals surface area contributed by atoms with E-state index in [0.717, 1.165) is 24.7 Å². The molecule has 0 spiro atoms. The Labute approximate surface area is 120 Å². The molecule has 0 aromatic heterocycles. The molecule has 5 heteroatoms. The molecular weight excluding hydrogens is 279 g/mol. The molecule has 98 valence electrons.